The Balaban J connectivity index is 0.00000320. The molecule has 1 aliphatic heterocycles. The Kier molecular flexibility index (Phi) is 9.29. The summed E-state index contributed by atoms with van der Waals surface area (Å²) >= 11 is 0. The molecule has 1 atom stereocenters. The minimum Gasteiger partial charge on any atom is -0.365 e. The third-order valence-corrected chi connectivity index (χ3v) is 4.96. The van der Waals surface area contributed by atoms with Crippen molar-refractivity contribution < 1.29 is 8.78 Å². The number of aliphatic imine (C=N–C) groups is 1. The summed E-state index contributed by atoms with van der Waals surface area (Å²) in [6.07, 6.45) is 0.785. The predicted molar refractivity (Wildman–Crippen MR) is 130 cm³/mol. The number of nitrogens with zero attached hydrogens (tertiary/aromatic N) is 3. The number of anilines is 1. The van der Waals surface area contributed by atoms with E-state index in [-0.39, 0.29) is 35.7 Å². The van der Waals surface area contributed by atoms with E-state index < -0.39 is 11.6 Å². The number of guanidine groups is 1. The molecule has 1 heterocycles. The van der Waals surface area contributed by atoms with Gasteiger partial charge in [-0.3, -0.25) is 4.99 Å². The highest BCUT2D eigenvalue weighted by molar-refractivity contribution is 14.0. The summed E-state index contributed by atoms with van der Waals surface area (Å²) in [6.45, 7) is 2.67. The van der Waals surface area contributed by atoms with Crippen LogP contribution in [0.2, 0.25) is 0 Å². The van der Waals surface area contributed by atoms with Crippen molar-refractivity contribution in [3.8, 4) is 0 Å². The van der Waals surface area contributed by atoms with Gasteiger partial charge in [-0.25, -0.2) is 8.78 Å². The van der Waals surface area contributed by atoms with Crippen LogP contribution in [0.3, 0.4) is 0 Å². The average Bonchev–Trinajstić information content (AvgIpc) is 3.13. The smallest absolute Gasteiger partial charge is 0.191 e. The minimum atomic E-state index is -0.522. The number of para-hydroxylation sites is 1. The van der Waals surface area contributed by atoms with Crippen molar-refractivity contribution in [2.75, 3.05) is 39.1 Å². The second-order valence-electron chi connectivity index (χ2n) is 7.63. The number of halogens is 3. The van der Waals surface area contributed by atoms with Gasteiger partial charge < -0.3 is 20.4 Å². The molecule has 0 spiro atoms. The zero-order chi connectivity index (χ0) is 20.8. The van der Waals surface area contributed by atoms with Gasteiger partial charge in [0.2, 0.25) is 0 Å². The molecule has 2 N–H and O–H groups in total. The third kappa shape index (κ3) is 6.53. The van der Waals surface area contributed by atoms with Crippen LogP contribution in [0, 0.1) is 11.6 Å². The van der Waals surface area contributed by atoms with Gasteiger partial charge in [-0.15, -0.1) is 24.0 Å². The number of hydrogen-bond acceptors (Lipinski definition) is 3. The monoisotopic (exact) mass is 529 g/mol. The van der Waals surface area contributed by atoms with E-state index in [9.17, 15) is 8.78 Å². The molecule has 1 saturated heterocycles. The van der Waals surface area contributed by atoms with E-state index in [4.69, 9.17) is 0 Å². The van der Waals surface area contributed by atoms with Crippen LogP contribution in [0.1, 0.15) is 17.5 Å². The fraction of sp³-hybridized carbons (Fsp3) is 0.409. The molecule has 3 rings (SSSR count). The van der Waals surface area contributed by atoms with E-state index in [2.05, 4.69) is 58.9 Å². The highest BCUT2D eigenvalue weighted by Crippen LogP contribution is 2.26. The normalized spacial score (nSPS) is 16.5. The largest absolute Gasteiger partial charge is 0.365 e. The van der Waals surface area contributed by atoms with Gasteiger partial charge in [-0.2, -0.15) is 0 Å². The first-order chi connectivity index (χ1) is 14.0. The Morgan fingerprint density at radius 1 is 1.13 bits per heavy atom. The van der Waals surface area contributed by atoms with Crippen molar-refractivity contribution in [1.82, 2.24) is 15.5 Å². The summed E-state index contributed by atoms with van der Waals surface area (Å²) in [6, 6.07) is 12.5. The Morgan fingerprint density at radius 3 is 2.47 bits per heavy atom. The second-order valence-corrected chi connectivity index (χ2v) is 7.63. The van der Waals surface area contributed by atoms with Crippen LogP contribution in [-0.2, 0) is 13.1 Å². The lowest BCUT2D eigenvalue weighted by molar-refractivity contribution is 0.402. The van der Waals surface area contributed by atoms with Gasteiger partial charge in [0.05, 0.1) is 0 Å². The molecule has 8 heteroatoms. The fourth-order valence-corrected chi connectivity index (χ4v) is 3.65. The first kappa shape index (κ1) is 24.3. The molecule has 30 heavy (non-hydrogen) atoms. The lowest BCUT2D eigenvalue weighted by Crippen LogP contribution is -2.44. The molecule has 164 valence electrons. The molecule has 0 bridgehead atoms. The van der Waals surface area contributed by atoms with E-state index >= 15 is 0 Å². The Bertz CT molecular complexity index is 839. The standard InChI is InChI=1S/C22H29F2N5.HI/c1-25-22(26-13-16-6-4-7-17(12-16)14-28(2)3)27-18-10-11-29(15-18)21-19(23)8-5-9-20(21)24;/h4-9,12,18H,10-11,13-15H2,1-3H3,(H2,25,26,27);1H. The Labute approximate surface area is 194 Å². The predicted octanol–water partition coefficient (Wildman–Crippen LogP) is 3.59. The number of benzene rings is 2. The number of rotatable bonds is 6. The van der Waals surface area contributed by atoms with Gasteiger partial charge in [0, 0.05) is 39.3 Å². The SMILES string of the molecule is CN=C(NCc1cccc(CN(C)C)c1)NC1CCN(c2c(F)cccc2F)C1.I. The second kappa shape index (κ2) is 11.5. The van der Waals surface area contributed by atoms with Crippen LogP contribution < -0.4 is 15.5 Å². The molecular formula is C22H30F2IN5. The molecule has 0 amide bonds. The van der Waals surface area contributed by atoms with Crippen LogP contribution in [0.25, 0.3) is 0 Å². The van der Waals surface area contributed by atoms with Crippen LogP contribution in [0.4, 0.5) is 14.5 Å². The maximum atomic E-state index is 14.0. The lowest BCUT2D eigenvalue weighted by Gasteiger charge is -2.21. The van der Waals surface area contributed by atoms with Crippen molar-refractivity contribution in [2.24, 2.45) is 4.99 Å². The summed E-state index contributed by atoms with van der Waals surface area (Å²) in [4.78, 5) is 8.18. The van der Waals surface area contributed by atoms with Gasteiger partial charge in [0.1, 0.15) is 17.3 Å². The molecule has 5 nitrogen and oxygen atoms in total. The first-order valence-electron chi connectivity index (χ1n) is 9.85. The minimum absolute atomic E-state index is 0. The van der Waals surface area contributed by atoms with Crippen LogP contribution in [0.15, 0.2) is 47.5 Å². The summed E-state index contributed by atoms with van der Waals surface area (Å²) in [5, 5.41) is 6.69. The zero-order valence-corrected chi connectivity index (χ0v) is 20.0. The van der Waals surface area contributed by atoms with Gasteiger partial charge in [0.15, 0.2) is 5.96 Å². The summed E-state index contributed by atoms with van der Waals surface area (Å²) in [5.74, 6) is -0.361. The quantitative estimate of drug-likeness (QED) is 0.341. The molecule has 1 unspecified atom stereocenters. The number of nitrogens with one attached hydrogen (secondary N) is 2. The van der Waals surface area contributed by atoms with Gasteiger partial charge >= 0.3 is 0 Å². The molecule has 2 aromatic carbocycles. The topological polar surface area (TPSA) is 42.9 Å². The fourth-order valence-electron chi connectivity index (χ4n) is 3.65. The van der Waals surface area contributed by atoms with Crippen LogP contribution in [-0.4, -0.2) is 51.1 Å². The Morgan fingerprint density at radius 2 is 1.80 bits per heavy atom. The highest BCUT2D eigenvalue weighted by Gasteiger charge is 2.27. The molecule has 0 aliphatic carbocycles. The third-order valence-electron chi connectivity index (χ3n) is 4.96. The number of hydrogen-bond donors (Lipinski definition) is 2. The molecule has 1 aliphatic rings. The molecule has 2 aromatic rings. The van der Waals surface area contributed by atoms with E-state index in [1.54, 1.807) is 11.9 Å². The maximum Gasteiger partial charge on any atom is 0.191 e. The maximum absolute atomic E-state index is 14.0. The first-order valence-corrected chi connectivity index (χ1v) is 9.85. The molecule has 0 saturated carbocycles. The van der Waals surface area contributed by atoms with Gasteiger partial charge in [-0.1, -0.05) is 30.3 Å². The highest BCUT2D eigenvalue weighted by atomic mass is 127. The van der Waals surface area contributed by atoms with Crippen molar-refractivity contribution in [3.63, 3.8) is 0 Å². The van der Waals surface area contributed by atoms with Crippen molar-refractivity contribution >= 4 is 35.6 Å². The lowest BCUT2D eigenvalue weighted by atomic mass is 10.1. The van der Waals surface area contributed by atoms with Crippen molar-refractivity contribution in [3.05, 3.63) is 65.2 Å². The molecule has 1 fully saturated rings. The summed E-state index contributed by atoms with van der Waals surface area (Å²) in [5.41, 5.74) is 2.49. The summed E-state index contributed by atoms with van der Waals surface area (Å²) < 4.78 is 28.1. The van der Waals surface area contributed by atoms with Crippen LogP contribution >= 0.6 is 24.0 Å². The zero-order valence-electron chi connectivity index (χ0n) is 17.7. The van der Waals surface area contributed by atoms with Crippen molar-refractivity contribution in [1.29, 1.82) is 0 Å². The van der Waals surface area contributed by atoms with E-state index in [0.29, 0.717) is 25.6 Å². The van der Waals surface area contributed by atoms with Crippen molar-refractivity contribution in [2.45, 2.75) is 25.6 Å². The van der Waals surface area contributed by atoms with Gasteiger partial charge in [0.25, 0.3) is 0 Å². The van der Waals surface area contributed by atoms with Crippen LogP contribution in [0.5, 0.6) is 0 Å². The Hall–Kier alpha value is -1.94. The molecule has 0 aromatic heterocycles. The molecule has 0 radical (unpaired) electrons. The van der Waals surface area contributed by atoms with E-state index in [1.165, 1.54) is 29.3 Å². The summed E-state index contributed by atoms with van der Waals surface area (Å²) in [7, 11) is 5.82. The average molecular weight is 529 g/mol. The van der Waals surface area contributed by atoms with E-state index in [0.717, 1.165) is 13.0 Å². The molecular weight excluding hydrogens is 499 g/mol. The van der Waals surface area contributed by atoms with E-state index in [1.807, 2.05) is 0 Å². The van der Waals surface area contributed by atoms with Gasteiger partial charge in [-0.05, 0) is 43.8 Å².